The van der Waals surface area contributed by atoms with Crippen molar-refractivity contribution in [3.8, 4) is 67.3 Å². The third-order valence-corrected chi connectivity index (χ3v) is 19.4. The minimum absolute atomic E-state index is 0.898. The summed E-state index contributed by atoms with van der Waals surface area (Å²) in [6.07, 6.45) is 0. The number of rotatable bonds is 13. The number of hydrogen-bond acceptors (Lipinski definition) is 4. The largest absolute Gasteiger partial charge is 0.456 e. The van der Waals surface area contributed by atoms with E-state index in [0.717, 1.165) is 95.4 Å². The van der Waals surface area contributed by atoms with Gasteiger partial charge in [0.15, 0.2) is 0 Å². The van der Waals surface area contributed by atoms with Crippen LogP contribution in [0.2, 0.25) is 0 Å². The zero-order valence-corrected chi connectivity index (χ0v) is 55.2. The highest BCUT2D eigenvalue weighted by molar-refractivity contribution is 6.13. The van der Waals surface area contributed by atoms with Gasteiger partial charge in [-0.15, -0.1) is 0 Å². The van der Waals surface area contributed by atoms with Crippen LogP contribution in [0.4, 0.5) is 34.1 Å². The summed E-state index contributed by atoms with van der Waals surface area (Å²) in [5, 5.41) is 7.08. The summed E-state index contributed by atoms with van der Waals surface area (Å²) in [6.45, 7) is 0. The maximum Gasteiger partial charge on any atom is 0.138 e. The van der Waals surface area contributed by atoms with Crippen LogP contribution in [0, 0.1) is 0 Å². The van der Waals surface area contributed by atoms with Gasteiger partial charge in [-0.05, 0) is 184 Å². The highest BCUT2D eigenvalue weighted by Gasteiger charge is 2.21. The first-order valence-electron chi connectivity index (χ1n) is 34.3. The molecule has 0 radical (unpaired) electrons. The van der Waals surface area contributed by atoms with Crippen LogP contribution in [-0.4, -0.2) is 14.1 Å². The van der Waals surface area contributed by atoms with Crippen molar-refractivity contribution in [3.05, 3.63) is 394 Å². The van der Waals surface area contributed by atoms with Crippen LogP contribution in [0.3, 0.4) is 0 Å². The van der Waals surface area contributed by atoms with Crippen molar-refractivity contribution < 1.29 is 4.42 Å². The molecule has 15 aromatic carbocycles. The van der Waals surface area contributed by atoms with Crippen molar-refractivity contribution in [3.63, 3.8) is 0 Å². The predicted molar refractivity (Wildman–Crippen MR) is 423 cm³/mol. The van der Waals surface area contributed by atoms with Gasteiger partial charge < -0.3 is 18.8 Å². The van der Waals surface area contributed by atoms with E-state index in [9.17, 15) is 0 Å². The molecule has 19 rings (SSSR count). The summed E-state index contributed by atoms with van der Waals surface area (Å²) in [4.78, 5) is 9.79. The number of hydrogen-bond donors (Lipinski definition) is 0. The van der Waals surface area contributed by atoms with Gasteiger partial charge >= 0.3 is 0 Å². The third kappa shape index (κ3) is 11.4. The number of aromatic nitrogens is 3. The maximum atomic E-state index is 6.18. The zero-order valence-electron chi connectivity index (χ0n) is 55.2. The molecule has 6 heteroatoms. The molecule has 0 unspecified atom stereocenters. The van der Waals surface area contributed by atoms with Crippen molar-refractivity contribution in [2.45, 2.75) is 0 Å². The second-order valence-corrected chi connectivity index (χ2v) is 25.5. The van der Waals surface area contributed by atoms with E-state index in [-0.39, 0.29) is 0 Å². The van der Waals surface area contributed by atoms with E-state index in [1.807, 2.05) is 18.2 Å². The average Bonchev–Trinajstić information content (AvgIpc) is 1.60. The molecule has 19 aromatic rings. The smallest absolute Gasteiger partial charge is 0.138 e. The van der Waals surface area contributed by atoms with Gasteiger partial charge in [0.2, 0.25) is 0 Å². The van der Waals surface area contributed by atoms with Gasteiger partial charge in [0, 0.05) is 77.7 Å². The number of pyridine rings is 1. The van der Waals surface area contributed by atoms with E-state index in [4.69, 9.17) is 9.40 Å². The monoisotopic (exact) mass is 1290 g/mol. The summed E-state index contributed by atoms with van der Waals surface area (Å²) >= 11 is 0. The SMILES string of the molecule is c1ccc(-c2ccc(N(c3ccc(-c4ccccc4)cc3)c3ccc4c(c3)c3ccccc3n4-c3ccc4oc5ccccc5c4c3)cc2)cc1.c1ccc(-c2ccc(N(c3ccccc3)c3ccc(-c4ccc5c(c4)c4ccccc4n5-c4cccc(-c5ccccc5)n4)cc3)cc2)cc1. The van der Waals surface area contributed by atoms with Crippen LogP contribution in [0.15, 0.2) is 399 Å². The molecule has 6 nitrogen and oxygen atoms in total. The molecule has 0 saturated carbocycles. The number of para-hydroxylation sites is 4. The molecule has 0 aliphatic rings. The fourth-order valence-corrected chi connectivity index (χ4v) is 14.5. The normalized spacial score (nSPS) is 11.4. The van der Waals surface area contributed by atoms with Gasteiger partial charge in [0.05, 0.1) is 27.8 Å². The summed E-state index contributed by atoms with van der Waals surface area (Å²) in [5.41, 5.74) is 25.8. The Balaban J connectivity index is 0.000000145. The van der Waals surface area contributed by atoms with Gasteiger partial charge in [0.25, 0.3) is 0 Å². The number of anilines is 6. The number of benzene rings is 15. The highest BCUT2D eigenvalue weighted by Crippen LogP contribution is 2.44. The van der Waals surface area contributed by atoms with Gasteiger partial charge in [-0.3, -0.25) is 4.57 Å². The molecule has 0 saturated heterocycles. The fourth-order valence-electron chi connectivity index (χ4n) is 14.5. The molecule has 0 spiro atoms. The molecular weight excluding hydrogens is 1230 g/mol. The summed E-state index contributed by atoms with van der Waals surface area (Å²) in [7, 11) is 0. The Hall–Kier alpha value is -13.6. The van der Waals surface area contributed by atoms with Gasteiger partial charge in [-0.1, -0.05) is 255 Å². The lowest BCUT2D eigenvalue weighted by molar-refractivity contribution is 0.669. The van der Waals surface area contributed by atoms with E-state index < -0.39 is 0 Å². The number of nitrogens with zero attached hydrogens (tertiary/aromatic N) is 5. The molecule has 101 heavy (non-hydrogen) atoms. The Labute approximate surface area is 586 Å². The Morgan fingerprint density at radius 2 is 0.574 bits per heavy atom. The first kappa shape index (κ1) is 59.9. The third-order valence-electron chi connectivity index (χ3n) is 19.4. The van der Waals surface area contributed by atoms with Crippen molar-refractivity contribution in [2.24, 2.45) is 0 Å². The Kier molecular flexibility index (Phi) is 15.5. The van der Waals surface area contributed by atoms with Crippen LogP contribution in [0.1, 0.15) is 0 Å². The van der Waals surface area contributed by atoms with Crippen molar-refractivity contribution in [1.82, 2.24) is 14.1 Å². The van der Waals surface area contributed by atoms with E-state index in [2.05, 4.69) is 395 Å². The lowest BCUT2D eigenvalue weighted by Gasteiger charge is -2.26. The van der Waals surface area contributed by atoms with E-state index in [1.54, 1.807) is 0 Å². The lowest BCUT2D eigenvalue weighted by atomic mass is 10.0. The van der Waals surface area contributed by atoms with Gasteiger partial charge in [0.1, 0.15) is 17.0 Å². The molecule has 0 amide bonds. The zero-order chi connectivity index (χ0) is 67.0. The maximum absolute atomic E-state index is 6.18. The van der Waals surface area contributed by atoms with Crippen LogP contribution in [0.5, 0.6) is 0 Å². The lowest BCUT2D eigenvalue weighted by Crippen LogP contribution is -2.10. The molecule has 0 aliphatic carbocycles. The second-order valence-electron chi connectivity index (χ2n) is 25.5. The Morgan fingerprint density at radius 3 is 1.12 bits per heavy atom. The molecule has 4 heterocycles. The quantitative estimate of drug-likeness (QED) is 0.115. The van der Waals surface area contributed by atoms with Crippen molar-refractivity contribution in [2.75, 3.05) is 9.80 Å². The number of furan rings is 1. The molecule has 0 bridgehead atoms. The van der Waals surface area contributed by atoms with Crippen LogP contribution in [-0.2, 0) is 0 Å². The van der Waals surface area contributed by atoms with Crippen LogP contribution in [0.25, 0.3) is 133 Å². The molecule has 4 aromatic heterocycles. The molecule has 0 N–H and O–H groups in total. The molecule has 0 fully saturated rings. The Morgan fingerprint density at radius 1 is 0.208 bits per heavy atom. The summed E-state index contributed by atoms with van der Waals surface area (Å²) < 4.78 is 10.8. The Bertz CT molecular complexity index is 6070. The molecule has 0 aliphatic heterocycles. The summed E-state index contributed by atoms with van der Waals surface area (Å²) in [5.74, 6) is 0.910. The highest BCUT2D eigenvalue weighted by atomic mass is 16.3. The summed E-state index contributed by atoms with van der Waals surface area (Å²) in [6, 6.07) is 140. The fraction of sp³-hybridized carbons (Fsp3) is 0. The minimum Gasteiger partial charge on any atom is -0.456 e. The van der Waals surface area contributed by atoms with E-state index >= 15 is 0 Å². The average molecular weight is 1290 g/mol. The topological polar surface area (TPSA) is 42.4 Å². The predicted octanol–water partition coefficient (Wildman–Crippen LogP) is 26.1. The first-order chi connectivity index (χ1) is 50.1. The minimum atomic E-state index is 0.898. The molecular formula is C95H65N5O. The first-order valence-corrected chi connectivity index (χ1v) is 34.3. The van der Waals surface area contributed by atoms with E-state index in [0.29, 0.717) is 0 Å². The van der Waals surface area contributed by atoms with Crippen molar-refractivity contribution in [1.29, 1.82) is 0 Å². The van der Waals surface area contributed by atoms with Crippen LogP contribution < -0.4 is 9.80 Å². The van der Waals surface area contributed by atoms with Gasteiger partial charge in [-0.25, -0.2) is 4.98 Å². The standard InChI is InChI=1S/C48H32N2O.C47H33N3/c1-3-11-33(12-4-1)35-19-23-37(24-20-35)49(38-25-21-36(22-26-38)34-13-5-2-6-14-34)39-27-29-46-43(31-39)41-15-7-9-17-45(41)50(46)40-28-30-48-44(32-40)42-16-8-10-18-47(42)51-48;1-4-13-34(14-5-1)35-23-28-40(29-24-35)49(39-17-8-3-9-18-39)41-30-25-36(26-31-41)38-27-32-46-43(33-38)42-19-10-11-21-45(42)50(46)47-22-12-20-44(48-47)37-15-6-2-7-16-37/h1-32H;1-33H. The van der Waals surface area contributed by atoms with Crippen molar-refractivity contribution >= 4 is 99.7 Å². The van der Waals surface area contributed by atoms with E-state index in [1.165, 1.54) is 71.6 Å². The second kappa shape index (κ2) is 26.1. The molecule has 476 valence electrons. The van der Waals surface area contributed by atoms with Gasteiger partial charge in [-0.2, -0.15) is 0 Å². The number of fused-ring (bicyclic) bond motifs is 9. The van der Waals surface area contributed by atoms with Crippen LogP contribution >= 0.6 is 0 Å². The molecule has 0 atom stereocenters.